The van der Waals surface area contributed by atoms with Crippen LogP contribution in [0.4, 0.5) is 5.69 Å². The number of hydrogen-bond acceptors (Lipinski definition) is 4. The van der Waals surface area contributed by atoms with Crippen LogP contribution in [-0.2, 0) is 12.8 Å². The highest BCUT2D eigenvalue weighted by Crippen LogP contribution is 2.31. The molecule has 0 saturated carbocycles. The number of carbonyl (C=O) groups excluding carboxylic acids is 1. The molecule has 6 heteroatoms. The van der Waals surface area contributed by atoms with Crippen molar-refractivity contribution in [3.63, 3.8) is 0 Å². The first kappa shape index (κ1) is 13.2. The lowest BCUT2D eigenvalue weighted by Crippen LogP contribution is -2.10. The second-order valence-electron chi connectivity index (χ2n) is 5.24. The molecule has 2 heterocycles. The standard InChI is InChI=1S/C16H14N4OS/c21-16(15-9-11-3-1-6-14(11)22-15)19-12-4-2-5-13(10-12)20-17-7-8-18-20/h2,4-5,7-10H,1,3,6H2,(H,19,21). The van der Waals surface area contributed by atoms with E-state index in [0.29, 0.717) is 0 Å². The Labute approximate surface area is 131 Å². The van der Waals surface area contributed by atoms with Crippen LogP contribution < -0.4 is 5.32 Å². The van der Waals surface area contributed by atoms with Crippen molar-refractivity contribution in [3.8, 4) is 5.69 Å². The third-order valence-electron chi connectivity index (χ3n) is 3.72. The second-order valence-corrected chi connectivity index (χ2v) is 6.37. The Hall–Kier alpha value is -2.47. The number of rotatable bonds is 3. The van der Waals surface area contributed by atoms with Gasteiger partial charge < -0.3 is 5.32 Å². The van der Waals surface area contributed by atoms with E-state index in [9.17, 15) is 4.79 Å². The summed E-state index contributed by atoms with van der Waals surface area (Å²) < 4.78 is 0. The van der Waals surface area contributed by atoms with E-state index in [-0.39, 0.29) is 5.91 Å². The Kier molecular flexibility index (Phi) is 3.23. The van der Waals surface area contributed by atoms with Crippen molar-refractivity contribution < 1.29 is 4.79 Å². The van der Waals surface area contributed by atoms with E-state index in [1.165, 1.54) is 21.7 Å². The fraction of sp³-hybridized carbons (Fsp3) is 0.188. The molecule has 1 aliphatic rings. The number of hydrogen-bond donors (Lipinski definition) is 1. The molecular weight excluding hydrogens is 296 g/mol. The van der Waals surface area contributed by atoms with Crippen LogP contribution in [-0.4, -0.2) is 20.9 Å². The summed E-state index contributed by atoms with van der Waals surface area (Å²) in [6.45, 7) is 0. The average molecular weight is 310 g/mol. The predicted molar refractivity (Wildman–Crippen MR) is 85.7 cm³/mol. The number of carbonyl (C=O) groups is 1. The van der Waals surface area contributed by atoms with Crippen LogP contribution in [0, 0.1) is 0 Å². The summed E-state index contributed by atoms with van der Waals surface area (Å²) in [5.74, 6) is -0.0509. The molecule has 0 radical (unpaired) electrons. The first-order valence-corrected chi connectivity index (χ1v) is 8.01. The summed E-state index contributed by atoms with van der Waals surface area (Å²) >= 11 is 1.61. The van der Waals surface area contributed by atoms with Crippen LogP contribution in [0.3, 0.4) is 0 Å². The highest BCUT2D eigenvalue weighted by Gasteiger charge is 2.18. The molecule has 1 amide bonds. The van der Waals surface area contributed by atoms with Crippen molar-refractivity contribution in [3.05, 3.63) is 58.0 Å². The quantitative estimate of drug-likeness (QED) is 0.809. The molecule has 0 bridgehead atoms. The van der Waals surface area contributed by atoms with Crippen LogP contribution in [0.25, 0.3) is 5.69 Å². The molecule has 3 aromatic rings. The zero-order valence-corrected chi connectivity index (χ0v) is 12.6. The number of anilines is 1. The summed E-state index contributed by atoms with van der Waals surface area (Å²) in [5, 5.41) is 11.1. The van der Waals surface area contributed by atoms with Gasteiger partial charge >= 0.3 is 0 Å². The SMILES string of the molecule is O=C(Nc1cccc(-n2nccn2)c1)c1cc2c(s1)CCC2. The van der Waals surface area contributed by atoms with Gasteiger partial charge in [0.1, 0.15) is 0 Å². The topological polar surface area (TPSA) is 59.8 Å². The van der Waals surface area contributed by atoms with Gasteiger partial charge in [0.25, 0.3) is 5.91 Å². The smallest absolute Gasteiger partial charge is 0.265 e. The number of aryl methyl sites for hydroxylation is 2. The number of amides is 1. The van der Waals surface area contributed by atoms with Gasteiger partial charge in [-0.15, -0.1) is 11.3 Å². The summed E-state index contributed by atoms with van der Waals surface area (Å²) in [6.07, 6.45) is 6.66. The van der Waals surface area contributed by atoms with Crippen LogP contribution >= 0.6 is 11.3 Å². The molecule has 5 nitrogen and oxygen atoms in total. The molecule has 0 fully saturated rings. The Morgan fingerprint density at radius 2 is 2.05 bits per heavy atom. The van der Waals surface area contributed by atoms with E-state index < -0.39 is 0 Å². The molecule has 22 heavy (non-hydrogen) atoms. The van der Waals surface area contributed by atoms with E-state index >= 15 is 0 Å². The summed E-state index contributed by atoms with van der Waals surface area (Å²) in [6, 6.07) is 9.53. The molecule has 4 rings (SSSR count). The zero-order chi connectivity index (χ0) is 14.9. The van der Waals surface area contributed by atoms with Crippen molar-refractivity contribution in [2.24, 2.45) is 0 Å². The van der Waals surface area contributed by atoms with Gasteiger partial charge in [-0.05, 0) is 49.1 Å². The number of fused-ring (bicyclic) bond motifs is 1. The first-order valence-electron chi connectivity index (χ1n) is 7.19. The van der Waals surface area contributed by atoms with Crippen molar-refractivity contribution >= 4 is 22.9 Å². The Morgan fingerprint density at radius 1 is 1.18 bits per heavy atom. The molecule has 1 aliphatic carbocycles. The van der Waals surface area contributed by atoms with Crippen LogP contribution in [0.2, 0.25) is 0 Å². The lowest BCUT2D eigenvalue weighted by atomic mass is 10.2. The molecule has 0 aliphatic heterocycles. The molecule has 0 unspecified atom stereocenters. The Morgan fingerprint density at radius 3 is 2.86 bits per heavy atom. The van der Waals surface area contributed by atoms with Crippen molar-refractivity contribution in [2.75, 3.05) is 5.32 Å². The molecule has 1 N–H and O–H groups in total. The lowest BCUT2D eigenvalue weighted by Gasteiger charge is -2.06. The van der Waals surface area contributed by atoms with Crippen LogP contribution in [0.1, 0.15) is 26.5 Å². The van der Waals surface area contributed by atoms with E-state index in [4.69, 9.17) is 0 Å². The monoisotopic (exact) mass is 310 g/mol. The van der Waals surface area contributed by atoms with Gasteiger partial charge in [0, 0.05) is 10.6 Å². The van der Waals surface area contributed by atoms with E-state index in [1.54, 1.807) is 23.7 Å². The van der Waals surface area contributed by atoms with Crippen molar-refractivity contribution in [1.29, 1.82) is 0 Å². The van der Waals surface area contributed by atoms with Gasteiger partial charge in [0.05, 0.1) is 23.0 Å². The van der Waals surface area contributed by atoms with Crippen molar-refractivity contribution in [2.45, 2.75) is 19.3 Å². The number of aromatic nitrogens is 3. The minimum Gasteiger partial charge on any atom is -0.321 e. The second kappa shape index (κ2) is 5.38. The summed E-state index contributed by atoms with van der Waals surface area (Å²) in [5.41, 5.74) is 2.90. The molecule has 2 aromatic heterocycles. The maximum atomic E-state index is 12.4. The van der Waals surface area contributed by atoms with Gasteiger partial charge in [-0.3, -0.25) is 4.79 Å². The molecule has 110 valence electrons. The molecule has 1 aromatic carbocycles. The highest BCUT2D eigenvalue weighted by atomic mass is 32.1. The minimum atomic E-state index is -0.0509. The average Bonchev–Trinajstić information content (AvgIpc) is 3.24. The zero-order valence-electron chi connectivity index (χ0n) is 11.8. The van der Waals surface area contributed by atoms with E-state index in [2.05, 4.69) is 15.5 Å². The molecule has 0 atom stereocenters. The number of thiophene rings is 1. The maximum Gasteiger partial charge on any atom is 0.265 e. The molecular formula is C16H14N4OS. The number of nitrogens with zero attached hydrogens (tertiary/aromatic N) is 3. The molecule has 0 spiro atoms. The summed E-state index contributed by atoms with van der Waals surface area (Å²) in [4.78, 5) is 16.0. The van der Waals surface area contributed by atoms with Crippen LogP contribution in [0.15, 0.2) is 42.7 Å². The Balaban J connectivity index is 1.55. The number of benzene rings is 1. The largest absolute Gasteiger partial charge is 0.321 e. The maximum absolute atomic E-state index is 12.4. The molecule has 0 saturated heterocycles. The van der Waals surface area contributed by atoms with Gasteiger partial charge in [-0.1, -0.05) is 6.07 Å². The third kappa shape index (κ3) is 2.42. The van der Waals surface area contributed by atoms with Gasteiger partial charge in [-0.2, -0.15) is 15.0 Å². The van der Waals surface area contributed by atoms with Crippen molar-refractivity contribution in [1.82, 2.24) is 15.0 Å². The Bertz CT molecular complexity index is 801. The first-order chi connectivity index (χ1) is 10.8. The fourth-order valence-electron chi connectivity index (χ4n) is 2.69. The van der Waals surface area contributed by atoms with Gasteiger partial charge in [-0.25, -0.2) is 0 Å². The predicted octanol–water partition coefficient (Wildman–Crippen LogP) is 3.07. The lowest BCUT2D eigenvalue weighted by molar-refractivity contribution is 0.103. The third-order valence-corrected chi connectivity index (χ3v) is 4.96. The van der Waals surface area contributed by atoms with Gasteiger partial charge in [0.2, 0.25) is 0 Å². The number of nitrogens with one attached hydrogen (secondary N) is 1. The normalized spacial score (nSPS) is 13.1. The highest BCUT2D eigenvalue weighted by molar-refractivity contribution is 7.14. The van der Waals surface area contributed by atoms with E-state index in [0.717, 1.165) is 29.1 Å². The summed E-state index contributed by atoms with van der Waals surface area (Å²) in [7, 11) is 0. The fourth-order valence-corrected chi connectivity index (χ4v) is 3.84. The van der Waals surface area contributed by atoms with Crippen LogP contribution in [0.5, 0.6) is 0 Å². The van der Waals surface area contributed by atoms with E-state index in [1.807, 2.05) is 30.3 Å². The minimum absolute atomic E-state index is 0.0509. The van der Waals surface area contributed by atoms with Gasteiger partial charge in [0.15, 0.2) is 0 Å².